The van der Waals surface area contributed by atoms with Gasteiger partial charge in [-0.15, -0.1) is 0 Å². The summed E-state index contributed by atoms with van der Waals surface area (Å²) in [6, 6.07) is 0. The third-order valence-electron chi connectivity index (χ3n) is 8.75. The van der Waals surface area contributed by atoms with Crippen LogP contribution >= 0.6 is 0 Å². The summed E-state index contributed by atoms with van der Waals surface area (Å²) in [4.78, 5) is 15.1. The SMILES string of the molecule is CN(C)CCC(=O)C1=CC[C@H]2[C@@H]3CC=C4C[C@H](O)CC[C@]4(C)[C@H]3CC[C@]12C. The Hall–Kier alpha value is -0.930. The van der Waals surface area contributed by atoms with E-state index in [4.69, 9.17) is 0 Å². The fraction of sp³-hybridized carbons (Fsp3) is 0.792. The molecular formula is C24H37NO2. The maximum Gasteiger partial charge on any atom is 0.160 e. The highest BCUT2D eigenvalue weighted by atomic mass is 16.3. The Morgan fingerprint density at radius 1 is 1.11 bits per heavy atom. The second-order valence-electron chi connectivity index (χ2n) is 10.4. The fourth-order valence-electron chi connectivity index (χ4n) is 7.10. The van der Waals surface area contributed by atoms with Crippen LogP contribution in [0.5, 0.6) is 0 Å². The van der Waals surface area contributed by atoms with Crippen LogP contribution in [-0.2, 0) is 4.79 Å². The number of hydrogen-bond acceptors (Lipinski definition) is 3. The standard InChI is InChI=1S/C24H37NO2/c1-23-12-9-17(26)15-16(23)5-6-18-19-7-8-21(22(27)11-14-25(3)4)24(19,2)13-10-20(18)23/h5,8,17-20,26H,6-7,9-15H2,1-4H3/t17-,18+,19+,20+,23+,24+/m1/s1. The number of rotatable bonds is 4. The van der Waals surface area contributed by atoms with Crippen molar-refractivity contribution in [2.24, 2.45) is 28.6 Å². The van der Waals surface area contributed by atoms with Gasteiger partial charge in [-0.2, -0.15) is 0 Å². The number of allylic oxidation sites excluding steroid dienone is 3. The van der Waals surface area contributed by atoms with Crippen molar-refractivity contribution in [3.05, 3.63) is 23.3 Å². The second-order valence-corrected chi connectivity index (χ2v) is 10.4. The molecule has 3 heteroatoms. The maximum atomic E-state index is 13.0. The zero-order chi connectivity index (χ0) is 19.4. The Labute approximate surface area is 164 Å². The van der Waals surface area contributed by atoms with Gasteiger partial charge in [0.05, 0.1) is 6.10 Å². The van der Waals surface area contributed by atoms with E-state index in [2.05, 4.69) is 30.9 Å². The van der Waals surface area contributed by atoms with Crippen molar-refractivity contribution in [1.82, 2.24) is 4.90 Å². The first kappa shape index (κ1) is 19.4. The molecule has 27 heavy (non-hydrogen) atoms. The van der Waals surface area contributed by atoms with Crippen molar-refractivity contribution in [1.29, 1.82) is 0 Å². The molecule has 4 aliphatic carbocycles. The van der Waals surface area contributed by atoms with Gasteiger partial charge in [0.15, 0.2) is 5.78 Å². The summed E-state index contributed by atoms with van der Waals surface area (Å²) in [7, 11) is 4.08. The number of aliphatic hydroxyl groups is 1. The van der Waals surface area contributed by atoms with Crippen LogP contribution in [0.1, 0.15) is 65.2 Å². The zero-order valence-corrected chi connectivity index (χ0v) is 17.6. The molecule has 2 saturated carbocycles. The molecule has 150 valence electrons. The fourth-order valence-corrected chi connectivity index (χ4v) is 7.10. The van der Waals surface area contributed by atoms with Crippen molar-refractivity contribution < 1.29 is 9.90 Å². The minimum absolute atomic E-state index is 0.0838. The van der Waals surface area contributed by atoms with Crippen LogP contribution in [0.25, 0.3) is 0 Å². The van der Waals surface area contributed by atoms with Crippen LogP contribution in [0.2, 0.25) is 0 Å². The van der Waals surface area contributed by atoms with Gasteiger partial charge in [0.25, 0.3) is 0 Å². The van der Waals surface area contributed by atoms with Gasteiger partial charge in [0, 0.05) is 13.0 Å². The van der Waals surface area contributed by atoms with Gasteiger partial charge in [0.1, 0.15) is 0 Å². The van der Waals surface area contributed by atoms with Crippen molar-refractivity contribution in [3.63, 3.8) is 0 Å². The number of fused-ring (bicyclic) bond motifs is 5. The molecule has 3 nitrogen and oxygen atoms in total. The molecular weight excluding hydrogens is 334 g/mol. The molecule has 0 aromatic heterocycles. The molecule has 0 spiro atoms. The Kier molecular flexibility index (Phi) is 4.91. The van der Waals surface area contributed by atoms with E-state index in [9.17, 15) is 9.90 Å². The number of Topliss-reactive ketones (excluding diaryl/α,β-unsaturated/α-hetero) is 1. The smallest absolute Gasteiger partial charge is 0.160 e. The molecule has 4 rings (SSSR count). The summed E-state index contributed by atoms with van der Waals surface area (Å²) in [5, 5.41) is 10.1. The minimum Gasteiger partial charge on any atom is -0.393 e. The third-order valence-corrected chi connectivity index (χ3v) is 8.75. The van der Waals surface area contributed by atoms with Crippen LogP contribution in [0.15, 0.2) is 23.3 Å². The third kappa shape index (κ3) is 3.06. The summed E-state index contributed by atoms with van der Waals surface area (Å²) in [6.45, 7) is 5.69. The van der Waals surface area contributed by atoms with Crippen molar-refractivity contribution in [2.45, 2.75) is 71.3 Å². The number of carbonyl (C=O) groups is 1. The van der Waals surface area contributed by atoms with Crippen LogP contribution in [-0.4, -0.2) is 42.5 Å². The van der Waals surface area contributed by atoms with Gasteiger partial charge < -0.3 is 10.0 Å². The lowest BCUT2D eigenvalue weighted by Crippen LogP contribution is -2.50. The predicted octanol–water partition coefficient (Wildman–Crippen LogP) is 4.37. The molecule has 0 saturated heterocycles. The van der Waals surface area contributed by atoms with E-state index in [0.717, 1.165) is 56.6 Å². The molecule has 1 N–H and O–H groups in total. The second kappa shape index (κ2) is 6.84. The maximum absolute atomic E-state index is 13.0. The predicted molar refractivity (Wildman–Crippen MR) is 109 cm³/mol. The largest absolute Gasteiger partial charge is 0.393 e. The van der Waals surface area contributed by atoms with Crippen LogP contribution in [0, 0.1) is 28.6 Å². The molecule has 0 aromatic carbocycles. The van der Waals surface area contributed by atoms with Gasteiger partial charge in [-0.05, 0) is 93.2 Å². The normalized spacial score (nSPS) is 43.5. The van der Waals surface area contributed by atoms with Crippen LogP contribution < -0.4 is 0 Å². The number of aliphatic hydroxyl groups excluding tert-OH is 1. The molecule has 4 aliphatic rings. The van der Waals surface area contributed by atoms with Crippen molar-refractivity contribution >= 4 is 5.78 Å². The molecule has 0 unspecified atom stereocenters. The first-order valence-corrected chi connectivity index (χ1v) is 11.0. The van der Waals surface area contributed by atoms with Crippen LogP contribution in [0.3, 0.4) is 0 Å². The lowest BCUT2D eigenvalue weighted by atomic mass is 9.47. The van der Waals surface area contributed by atoms with Crippen molar-refractivity contribution in [3.8, 4) is 0 Å². The summed E-state index contributed by atoms with van der Waals surface area (Å²) in [5.41, 5.74) is 3.04. The van der Waals surface area contributed by atoms with Crippen molar-refractivity contribution in [2.75, 3.05) is 20.6 Å². The monoisotopic (exact) mass is 371 g/mol. The molecule has 0 heterocycles. The van der Waals surface area contributed by atoms with E-state index in [1.807, 2.05) is 14.1 Å². The highest BCUT2D eigenvalue weighted by Crippen LogP contribution is 2.65. The molecule has 0 bridgehead atoms. The van der Waals surface area contributed by atoms with E-state index in [1.54, 1.807) is 0 Å². The Balaban J connectivity index is 1.55. The quantitative estimate of drug-likeness (QED) is 0.746. The van der Waals surface area contributed by atoms with Crippen LogP contribution in [0.4, 0.5) is 0 Å². The lowest BCUT2D eigenvalue weighted by Gasteiger charge is -2.57. The highest BCUT2D eigenvalue weighted by molar-refractivity contribution is 5.97. The van der Waals surface area contributed by atoms with Gasteiger partial charge in [-0.25, -0.2) is 0 Å². The van der Waals surface area contributed by atoms with Gasteiger partial charge in [-0.1, -0.05) is 31.6 Å². The average molecular weight is 372 g/mol. The van der Waals surface area contributed by atoms with Gasteiger partial charge >= 0.3 is 0 Å². The topological polar surface area (TPSA) is 40.5 Å². The van der Waals surface area contributed by atoms with E-state index in [0.29, 0.717) is 24.0 Å². The number of hydrogen-bond donors (Lipinski definition) is 1. The van der Waals surface area contributed by atoms with Gasteiger partial charge in [0.2, 0.25) is 0 Å². The Morgan fingerprint density at radius 3 is 2.59 bits per heavy atom. The summed E-state index contributed by atoms with van der Waals surface area (Å²) in [6.07, 6.45) is 12.9. The van der Waals surface area contributed by atoms with E-state index < -0.39 is 0 Å². The Morgan fingerprint density at radius 2 is 1.85 bits per heavy atom. The number of nitrogens with zero attached hydrogens (tertiary/aromatic N) is 1. The first-order chi connectivity index (χ1) is 12.8. The average Bonchev–Trinajstić information content (AvgIpc) is 2.97. The lowest BCUT2D eigenvalue weighted by molar-refractivity contribution is -0.118. The molecule has 0 radical (unpaired) electrons. The summed E-state index contributed by atoms with van der Waals surface area (Å²) >= 11 is 0. The summed E-state index contributed by atoms with van der Waals surface area (Å²) in [5.74, 6) is 2.43. The minimum atomic E-state index is -0.135. The van der Waals surface area contributed by atoms with E-state index in [1.165, 1.54) is 12.0 Å². The van der Waals surface area contributed by atoms with E-state index >= 15 is 0 Å². The molecule has 2 fully saturated rings. The molecule has 6 atom stereocenters. The molecule has 0 aliphatic heterocycles. The summed E-state index contributed by atoms with van der Waals surface area (Å²) < 4.78 is 0. The number of carbonyl (C=O) groups excluding carboxylic acids is 1. The van der Waals surface area contributed by atoms with E-state index in [-0.39, 0.29) is 16.9 Å². The molecule has 0 aromatic rings. The molecule has 0 amide bonds. The Bertz CT molecular complexity index is 678. The highest BCUT2D eigenvalue weighted by Gasteiger charge is 2.57. The van der Waals surface area contributed by atoms with Gasteiger partial charge in [-0.3, -0.25) is 4.79 Å². The first-order valence-electron chi connectivity index (χ1n) is 11.0. The zero-order valence-electron chi connectivity index (χ0n) is 17.6. The number of ketones is 1.